The molecular formula is C18H16N4. The highest BCUT2D eigenvalue weighted by Crippen LogP contribution is 2.16. The van der Waals surface area contributed by atoms with Gasteiger partial charge in [-0.05, 0) is 25.0 Å². The second kappa shape index (κ2) is 6.23. The predicted octanol–water partition coefficient (Wildman–Crippen LogP) is 3.36. The maximum atomic E-state index is 8.93. The lowest BCUT2D eigenvalue weighted by molar-refractivity contribution is 0.874. The quantitative estimate of drug-likeness (QED) is 0.739. The summed E-state index contributed by atoms with van der Waals surface area (Å²) < 4.78 is 1.76. The molecule has 0 atom stereocenters. The zero-order valence-electron chi connectivity index (χ0n) is 12.4. The van der Waals surface area contributed by atoms with E-state index in [4.69, 9.17) is 5.26 Å². The third-order valence-electron chi connectivity index (χ3n) is 3.58. The lowest BCUT2D eigenvalue weighted by atomic mass is 10.1. The molecule has 1 aromatic carbocycles. The van der Waals surface area contributed by atoms with Crippen molar-refractivity contribution in [2.24, 2.45) is 0 Å². The van der Waals surface area contributed by atoms with Gasteiger partial charge in [-0.25, -0.2) is 9.50 Å². The minimum absolute atomic E-state index is 0.317. The Bertz CT molecular complexity index is 854. The number of hydrogen-bond donors (Lipinski definition) is 0. The minimum atomic E-state index is 0.317. The Morgan fingerprint density at radius 1 is 1.23 bits per heavy atom. The van der Waals surface area contributed by atoms with Crippen LogP contribution in [0.3, 0.4) is 0 Å². The van der Waals surface area contributed by atoms with Gasteiger partial charge in [0.25, 0.3) is 0 Å². The molecule has 2 heterocycles. The summed E-state index contributed by atoms with van der Waals surface area (Å²) in [6.07, 6.45) is 7.12. The van der Waals surface area contributed by atoms with Crippen molar-refractivity contribution in [1.82, 2.24) is 14.6 Å². The number of hydrogen-bond acceptors (Lipinski definition) is 3. The Balaban J connectivity index is 1.91. The first-order valence-corrected chi connectivity index (χ1v) is 7.20. The maximum Gasteiger partial charge on any atom is 0.161 e. The number of aromatic nitrogens is 3. The fourth-order valence-corrected chi connectivity index (χ4v) is 2.46. The average Bonchev–Trinajstić information content (AvgIpc) is 2.86. The van der Waals surface area contributed by atoms with E-state index >= 15 is 0 Å². The molecule has 3 rings (SSSR count). The number of benzene rings is 1. The smallest absolute Gasteiger partial charge is 0.161 e. The van der Waals surface area contributed by atoms with Gasteiger partial charge in [0.15, 0.2) is 5.65 Å². The fraction of sp³-hybridized carbons (Fsp3) is 0.167. The van der Waals surface area contributed by atoms with Crippen molar-refractivity contribution < 1.29 is 0 Å². The number of fused-ring (bicyclic) bond motifs is 1. The molecule has 0 N–H and O–H groups in total. The molecule has 0 bridgehead atoms. The minimum Gasteiger partial charge on any atom is -0.231 e. The van der Waals surface area contributed by atoms with Gasteiger partial charge in [0.2, 0.25) is 0 Å². The number of nitrogens with zero attached hydrogens (tertiary/aromatic N) is 4. The molecular weight excluding hydrogens is 272 g/mol. The van der Waals surface area contributed by atoms with E-state index < -0.39 is 0 Å². The summed E-state index contributed by atoms with van der Waals surface area (Å²) in [6.45, 7) is 1.92. The number of rotatable bonds is 4. The number of imidazole rings is 1. The Morgan fingerprint density at radius 2 is 2.05 bits per heavy atom. The highest BCUT2D eigenvalue weighted by molar-refractivity contribution is 5.66. The first kappa shape index (κ1) is 14.0. The second-order valence-corrected chi connectivity index (χ2v) is 5.09. The van der Waals surface area contributed by atoms with Gasteiger partial charge >= 0.3 is 0 Å². The molecule has 4 nitrogen and oxygen atoms in total. The Kier molecular flexibility index (Phi) is 3.97. The van der Waals surface area contributed by atoms with Gasteiger partial charge < -0.3 is 0 Å². The van der Waals surface area contributed by atoms with E-state index in [1.165, 1.54) is 5.56 Å². The van der Waals surface area contributed by atoms with Crippen molar-refractivity contribution in [1.29, 1.82) is 5.26 Å². The van der Waals surface area contributed by atoms with E-state index in [9.17, 15) is 0 Å². The molecule has 0 amide bonds. The zero-order chi connectivity index (χ0) is 15.4. The van der Waals surface area contributed by atoms with E-state index in [-0.39, 0.29) is 0 Å². The van der Waals surface area contributed by atoms with E-state index in [1.807, 2.05) is 31.2 Å². The van der Waals surface area contributed by atoms with Gasteiger partial charge in [0.1, 0.15) is 0 Å². The standard InChI is InChI=1S/C18H16N4/c1-14-17(10-12-19)22-18(21-14)16(11-13-20-22)9-5-8-15-6-3-2-4-7-15/h2-7,9,11,13H,8,10H2,1H3. The van der Waals surface area contributed by atoms with Crippen LogP contribution in [0.4, 0.5) is 0 Å². The highest BCUT2D eigenvalue weighted by atomic mass is 15.3. The largest absolute Gasteiger partial charge is 0.231 e. The molecule has 0 fully saturated rings. The molecule has 0 unspecified atom stereocenters. The summed E-state index contributed by atoms with van der Waals surface area (Å²) >= 11 is 0. The second-order valence-electron chi connectivity index (χ2n) is 5.09. The molecule has 108 valence electrons. The first-order chi connectivity index (χ1) is 10.8. The topological polar surface area (TPSA) is 54.0 Å². The van der Waals surface area contributed by atoms with E-state index in [0.29, 0.717) is 6.42 Å². The van der Waals surface area contributed by atoms with Crippen LogP contribution in [0.15, 0.2) is 48.7 Å². The van der Waals surface area contributed by atoms with Crippen molar-refractivity contribution in [3.05, 3.63) is 71.2 Å². The first-order valence-electron chi connectivity index (χ1n) is 7.20. The van der Waals surface area contributed by atoms with Gasteiger partial charge in [0, 0.05) is 11.8 Å². The summed E-state index contributed by atoms with van der Waals surface area (Å²) in [6, 6.07) is 14.4. The van der Waals surface area contributed by atoms with Crippen LogP contribution in [-0.4, -0.2) is 14.6 Å². The third kappa shape index (κ3) is 2.75. The van der Waals surface area contributed by atoms with E-state index in [0.717, 1.165) is 29.0 Å². The Morgan fingerprint density at radius 3 is 2.82 bits per heavy atom. The van der Waals surface area contributed by atoms with Gasteiger partial charge in [0.05, 0.1) is 23.9 Å². The summed E-state index contributed by atoms with van der Waals surface area (Å²) in [5.41, 5.74) is 4.80. The van der Waals surface area contributed by atoms with Crippen molar-refractivity contribution in [2.45, 2.75) is 19.8 Å². The predicted molar refractivity (Wildman–Crippen MR) is 86.2 cm³/mol. The molecule has 4 heteroatoms. The van der Waals surface area contributed by atoms with Gasteiger partial charge in [-0.2, -0.15) is 10.4 Å². The number of aryl methyl sites for hydroxylation is 1. The fourth-order valence-electron chi connectivity index (χ4n) is 2.46. The molecule has 0 radical (unpaired) electrons. The number of allylic oxidation sites excluding steroid dienone is 1. The lowest BCUT2D eigenvalue weighted by Crippen LogP contribution is -1.98. The number of nitriles is 1. The summed E-state index contributed by atoms with van der Waals surface area (Å²) in [7, 11) is 0. The lowest BCUT2D eigenvalue weighted by Gasteiger charge is -1.99. The zero-order valence-corrected chi connectivity index (χ0v) is 12.4. The molecule has 0 aliphatic carbocycles. The molecule has 0 aliphatic heterocycles. The SMILES string of the molecule is Cc1nc2c(C=CCc3ccccc3)ccnn2c1CC#N. The molecule has 0 aliphatic rings. The molecule has 2 aromatic heterocycles. The molecule has 22 heavy (non-hydrogen) atoms. The summed E-state index contributed by atoms with van der Waals surface area (Å²) in [5.74, 6) is 0. The summed E-state index contributed by atoms with van der Waals surface area (Å²) in [4.78, 5) is 4.56. The molecule has 3 aromatic rings. The van der Waals surface area contributed by atoms with Crippen molar-refractivity contribution in [3.8, 4) is 6.07 Å². The van der Waals surface area contributed by atoms with Gasteiger partial charge in [-0.1, -0.05) is 42.5 Å². The third-order valence-corrected chi connectivity index (χ3v) is 3.58. The van der Waals surface area contributed by atoms with Crippen LogP contribution in [0.25, 0.3) is 11.7 Å². The maximum absolute atomic E-state index is 8.93. The summed E-state index contributed by atoms with van der Waals surface area (Å²) in [5, 5.41) is 13.2. The van der Waals surface area contributed by atoms with Crippen LogP contribution in [0.5, 0.6) is 0 Å². The van der Waals surface area contributed by atoms with Crippen molar-refractivity contribution >= 4 is 11.7 Å². The van der Waals surface area contributed by atoms with Crippen LogP contribution < -0.4 is 0 Å². The van der Waals surface area contributed by atoms with Crippen LogP contribution >= 0.6 is 0 Å². The van der Waals surface area contributed by atoms with Crippen molar-refractivity contribution in [2.75, 3.05) is 0 Å². The molecule has 0 saturated carbocycles. The Hall–Kier alpha value is -2.93. The van der Waals surface area contributed by atoms with E-state index in [1.54, 1.807) is 10.7 Å². The van der Waals surface area contributed by atoms with Crippen LogP contribution in [-0.2, 0) is 12.8 Å². The Labute approximate surface area is 129 Å². The monoisotopic (exact) mass is 288 g/mol. The van der Waals surface area contributed by atoms with Crippen LogP contribution in [0.1, 0.15) is 22.5 Å². The van der Waals surface area contributed by atoms with Crippen molar-refractivity contribution in [3.63, 3.8) is 0 Å². The molecule has 0 saturated heterocycles. The average molecular weight is 288 g/mol. The van der Waals surface area contributed by atoms with E-state index in [2.05, 4.69) is 40.4 Å². The van der Waals surface area contributed by atoms with Crippen LogP contribution in [0, 0.1) is 18.3 Å². The van der Waals surface area contributed by atoms with Gasteiger partial charge in [-0.3, -0.25) is 0 Å². The normalized spacial score (nSPS) is 11.1. The highest BCUT2D eigenvalue weighted by Gasteiger charge is 2.11. The van der Waals surface area contributed by atoms with Crippen LogP contribution in [0.2, 0.25) is 0 Å². The molecule has 0 spiro atoms. The van der Waals surface area contributed by atoms with Gasteiger partial charge in [-0.15, -0.1) is 0 Å².